The van der Waals surface area contributed by atoms with E-state index in [1.54, 1.807) is 0 Å². The van der Waals surface area contributed by atoms with Crippen LogP contribution in [-0.4, -0.2) is 12.6 Å². The maximum absolute atomic E-state index is 12.0. The number of fused-ring (bicyclic) bond motifs is 1. The third-order valence-electron chi connectivity index (χ3n) is 3.07. The minimum Gasteiger partial charge on any atom is -0.462 e. The molecule has 0 aromatic heterocycles. The van der Waals surface area contributed by atoms with E-state index in [-0.39, 0.29) is 5.97 Å². The molecule has 0 radical (unpaired) electrons. The molecule has 18 heavy (non-hydrogen) atoms. The first-order chi connectivity index (χ1) is 8.65. The van der Waals surface area contributed by atoms with Crippen LogP contribution >= 0.6 is 0 Å². The third-order valence-corrected chi connectivity index (χ3v) is 3.07. The van der Waals surface area contributed by atoms with Gasteiger partial charge in [-0.1, -0.05) is 44.2 Å². The third kappa shape index (κ3) is 2.23. The van der Waals surface area contributed by atoms with Gasteiger partial charge in [0.25, 0.3) is 0 Å². The molecule has 0 spiro atoms. The van der Waals surface area contributed by atoms with Crippen molar-refractivity contribution in [2.45, 2.75) is 26.7 Å². The second kappa shape index (κ2) is 5.21. The molecule has 0 atom stereocenters. The zero-order valence-corrected chi connectivity index (χ0v) is 11.1. The van der Waals surface area contributed by atoms with Crippen molar-refractivity contribution >= 4 is 5.97 Å². The minimum atomic E-state index is -0.250. The quantitative estimate of drug-likeness (QED) is 0.758. The Labute approximate surface area is 108 Å². The summed E-state index contributed by atoms with van der Waals surface area (Å²) in [4.78, 5) is 12.0. The SMILES string of the molecule is CCOC(=O)c1cccc(C(C)C)c2cccc1-2. The van der Waals surface area contributed by atoms with Crippen molar-refractivity contribution in [2.24, 2.45) is 0 Å². The van der Waals surface area contributed by atoms with Crippen LogP contribution in [0.1, 0.15) is 42.6 Å². The number of hydrogen-bond acceptors (Lipinski definition) is 2. The molecule has 2 rings (SSSR count). The van der Waals surface area contributed by atoms with Gasteiger partial charge in [-0.25, -0.2) is 4.79 Å². The molecule has 0 aliphatic heterocycles. The van der Waals surface area contributed by atoms with Crippen LogP contribution in [0.5, 0.6) is 0 Å². The van der Waals surface area contributed by atoms with E-state index in [0.717, 1.165) is 11.1 Å². The second-order valence-corrected chi connectivity index (χ2v) is 4.62. The first kappa shape index (κ1) is 12.6. The number of rotatable bonds is 3. The van der Waals surface area contributed by atoms with Crippen LogP contribution in [0, 0.1) is 0 Å². The topological polar surface area (TPSA) is 26.3 Å². The van der Waals surface area contributed by atoms with E-state index < -0.39 is 0 Å². The van der Waals surface area contributed by atoms with E-state index in [1.807, 2.05) is 31.2 Å². The predicted molar refractivity (Wildman–Crippen MR) is 73.1 cm³/mol. The number of esters is 1. The van der Waals surface area contributed by atoms with Crippen LogP contribution in [0.25, 0.3) is 11.1 Å². The Balaban J connectivity index is 2.56. The molecule has 0 amide bonds. The van der Waals surface area contributed by atoms with Gasteiger partial charge < -0.3 is 4.74 Å². The molecule has 0 heterocycles. The van der Waals surface area contributed by atoms with E-state index in [4.69, 9.17) is 4.74 Å². The van der Waals surface area contributed by atoms with Crippen molar-refractivity contribution in [3.8, 4) is 11.1 Å². The highest BCUT2D eigenvalue weighted by molar-refractivity contribution is 5.98. The van der Waals surface area contributed by atoms with E-state index in [1.165, 1.54) is 5.56 Å². The second-order valence-electron chi connectivity index (χ2n) is 4.62. The van der Waals surface area contributed by atoms with Crippen LogP contribution in [0.2, 0.25) is 0 Å². The molecular formula is C16H18O2. The number of carbonyl (C=O) groups is 1. The Morgan fingerprint density at radius 2 is 1.78 bits per heavy atom. The number of ether oxygens (including phenoxy) is 1. The summed E-state index contributed by atoms with van der Waals surface area (Å²) < 4.78 is 5.11. The van der Waals surface area contributed by atoms with E-state index in [2.05, 4.69) is 26.0 Å². The van der Waals surface area contributed by atoms with Crippen molar-refractivity contribution in [3.05, 3.63) is 47.5 Å². The summed E-state index contributed by atoms with van der Waals surface area (Å²) in [6.45, 7) is 6.54. The lowest BCUT2D eigenvalue weighted by molar-refractivity contribution is 0.0527. The Morgan fingerprint density at radius 1 is 1.11 bits per heavy atom. The van der Waals surface area contributed by atoms with Crippen LogP contribution in [0.4, 0.5) is 0 Å². The lowest BCUT2D eigenvalue weighted by Gasteiger charge is -2.09. The van der Waals surface area contributed by atoms with Gasteiger partial charge in [0.15, 0.2) is 0 Å². The first-order valence-electron chi connectivity index (χ1n) is 6.34. The van der Waals surface area contributed by atoms with E-state index in [0.29, 0.717) is 18.1 Å². The normalized spacial score (nSPS) is 10.9. The van der Waals surface area contributed by atoms with Gasteiger partial charge in [0, 0.05) is 0 Å². The van der Waals surface area contributed by atoms with Crippen LogP contribution in [-0.2, 0) is 4.74 Å². The van der Waals surface area contributed by atoms with Crippen molar-refractivity contribution in [3.63, 3.8) is 0 Å². The van der Waals surface area contributed by atoms with Gasteiger partial charge in [0.05, 0.1) is 12.2 Å². The van der Waals surface area contributed by atoms with Gasteiger partial charge in [0.1, 0.15) is 0 Å². The average molecular weight is 242 g/mol. The Hall–Kier alpha value is -1.83. The predicted octanol–water partition coefficient (Wildman–Crippen LogP) is 4.09. The molecule has 0 aromatic rings. The molecule has 94 valence electrons. The van der Waals surface area contributed by atoms with Gasteiger partial charge in [-0.15, -0.1) is 0 Å². The summed E-state index contributed by atoms with van der Waals surface area (Å²) >= 11 is 0. The van der Waals surface area contributed by atoms with Crippen LogP contribution in [0.15, 0.2) is 36.4 Å². The molecule has 0 saturated heterocycles. The molecule has 2 aliphatic rings. The highest BCUT2D eigenvalue weighted by Crippen LogP contribution is 2.33. The fourth-order valence-corrected chi connectivity index (χ4v) is 2.22. The maximum atomic E-state index is 12.0. The summed E-state index contributed by atoms with van der Waals surface area (Å²) in [6, 6.07) is 11.9. The summed E-state index contributed by atoms with van der Waals surface area (Å²) in [7, 11) is 0. The van der Waals surface area contributed by atoms with Gasteiger partial charge in [0.2, 0.25) is 0 Å². The van der Waals surface area contributed by atoms with Crippen molar-refractivity contribution in [2.75, 3.05) is 6.61 Å². The molecule has 0 N–H and O–H groups in total. The summed E-state index contributed by atoms with van der Waals surface area (Å²) in [6.07, 6.45) is 0. The molecule has 2 nitrogen and oxygen atoms in total. The van der Waals surface area contributed by atoms with Crippen molar-refractivity contribution in [1.29, 1.82) is 0 Å². The lowest BCUT2D eigenvalue weighted by Crippen LogP contribution is -2.05. The lowest BCUT2D eigenvalue weighted by atomic mass is 9.96. The largest absolute Gasteiger partial charge is 0.462 e. The fraction of sp³-hybridized carbons (Fsp3) is 0.312. The van der Waals surface area contributed by atoms with Crippen LogP contribution in [0.3, 0.4) is 0 Å². The zero-order valence-electron chi connectivity index (χ0n) is 11.1. The van der Waals surface area contributed by atoms with E-state index >= 15 is 0 Å². The first-order valence-corrected chi connectivity index (χ1v) is 6.34. The Bertz CT molecular complexity index is 529. The molecule has 0 bridgehead atoms. The number of carbonyl (C=O) groups excluding carboxylic acids is 1. The zero-order chi connectivity index (χ0) is 13.1. The number of hydrogen-bond donors (Lipinski definition) is 0. The van der Waals surface area contributed by atoms with Gasteiger partial charge >= 0.3 is 5.97 Å². The average Bonchev–Trinajstić information content (AvgIpc) is 2.70. The summed E-state index contributed by atoms with van der Waals surface area (Å²) in [5.41, 5.74) is 4.01. The molecule has 2 aliphatic carbocycles. The molecule has 0 saturated carbocycles. The van der Waals surface area contributed by atoms with Crippen molar-refractivity contribution < 1.29 is 9.53 Å². The van der Waals surface area contributed by atoms with Gasteiger partial charge in [-0.05, 0) is 35.6 Å². The van der Waals surface area contributed by atoms with Gasteiger partial charge in [-0.3, -0.25) is 0 Å². The van der Waals surface area contributed by atoms with Gasteiger partial charge in [-0.2, -0.15) is 0 Å². The molecular weight excluding hydrogens is 224 g/mol. The summed E-state index contributed by atoms with van der Waals surface area (Å²) in [5, 5.41) is 0. The smallest absolute Gasteiger partial charge is 0.338 e. The minimum absolute atomic E-state index is 0.250. The molecule has 0 aromatic carbocycles. The Morgan fingerprint density at radius 3 is 2.44 bits per heavy atom. The molecule has 0 fully saturated rings. The Kier molecular flexibility index (Phi) is 3.66. The highest BCUT2D eigenvalue weighted by atomic mass is 16.5. The molecule has 0 unspecified atom stereocenters. The monoisotopic (exact) mass is 242 g/mol. The fourth-order valence-electron chi connectivity index (χ4n) is 2.22. The molecule has 2 heteroatoms. The van der Waals surface area contributed by atoms with E-state index in [9.17, 15) is 4.79 Å². The maximum Gasteiger partial charge on any atom is 0.338 e. The standard InChI is InChI=1S/C16H18O2/c1-4-18-16(17)15-10-5-7-12(11(2)3)13-8-6-9-14(13)15/h5-11H,4H2,1-3H3. The highest BCUT2D eigenvalue weighted by Gasteiger charge is 2.17. The van der Waals surface area contributed by atoms with Crippen molar-refractivity contribution in [1.82, 2.24) is 0 Å². The van der Waals surface area contributed by atoms with Crippen LogP contribution < -0.4 is 0 Å². The summed E-state index contributed by atoms with van der Waals surface area (Å²) in [5.74, 6) is 0.178.